The molecule has 4 aromatic carbocycles. The number of aliphatic hydroxyl groups excluding tert-OH is 5. The zero-order valence-electron chi connectivity index (χ0n) is 25.3. The van der Waals surface area contributed by atoms with E-state index in [9.17, 15) is 35.0 Å². The number of anilines is 1. The topological polar surface area (TPSA) is 134 Å². The van der Waals surface area contributed by atoms with Crippen LogP contribution in [0.15, 0.2) is 97.1 Å². The van der Waals surface area contributed by atoms with Gasteiger partial charge in [-0.05, 0) is 65.4 Å². The highest BCUT2D eigenvalue weighted by atomic mass is 32.2. The van der Waals surface area contributed by atoms with Gasteiger partial charge in [-0.25, -0.2) is 4.39 Å². The van der Waals surface area contributed by atoms with Gasteiger partial charge in [0.2, 0.25) is 0 Å². The SMILES string of the molecule is OCC1OC(c2ccc(-c3ccc(C4C(CCC(O)c5ccc(F)cc5)SC(S)N4c4ccccc4)c(O)c3)cc2)C(O)C(O)C1O. The smallest absolute Gasteiger partial charge is 0.123 e. The predicted molar refractivity (Wildman–Crippen MR) is 183 cm³/mol. The fraction of sp³-hybridized carbons (Fsp3) is 0.333. The average molecular weight is 680 g/mol. The first-order valence-corrected chi connectivity index (χ1v) is 17.0. The third-order valence-corrected chi connectivity index (χ3v) is 11.0. The van der Waals surface area contributed by atoms with Crippen molar-refractivity contribution in [3.8, 4) is 16.9 Å². The van der Waals surface area contributed by atoms with E-state index in [1.807, 2.05) is 54.6 Å². The number of halogens is 1. The van der Waals surface area contributed by atoms with Crippen LogP contribution in [0.3, 0.4) is 0 Å². The van der Waals surface area contributed by atoms with Crippen molar-refractivity contribution >= 4 is 30.1 Å². The number of hydrogen-bond acceptors (Lipinski definition) is 10. The summed E-state index contributed by atoms with van der Waals surface area (Å²) in [5, 5.41) is 62.7. The first kappa shape index (κ1) is 33.8. The maximum atomic E-state index is 13.4. The first-order chi connectivity index (χ1) is 22.7. The molecule has 2 aliphatic rings. The standard InChI is InChI=1S/C36H38FNO7S2/c37-24-13-10-21(11-14-24)27(40)16-17-30-31(38(36(46)47-30)25-4-2-1-3-5-25)26-15-12-23(18-28(26)41)20-6-8-22(9-7-20)35-34(44)33(43)32(42)29(19-39)45-35/h1-15,18,27,29-36,39-44,46H,16-17,19H2. The van der Waals surface area contributed by atoms with E-state index in [0.29, 0.717) is 24.0 Å². The summed E-state index contributed by atoms with van der Waals surface area (Å²) in [7, 11) is 0. The Balaban J connectivity index is 1.25. The number of hydrogen-bond donors (Lipinski definition) is 7. The van der Waals surface area contributed by atoms with E-state index in [2.05, 4.69) is 4.90 Å². The molecule has 0 aromatic heterocycles. The van der Waals surface area contributed by atoms with Crippen molar-refractivity contribution in [2.24, 2.45) is 0 Å². The molecule has 0 radical (unpaired) electrons. The lowest BCUT2D eigenvalue weighted by molar-refractivity contribution is -0.231. The molecule has 4 aromatic rings. The Kier molecular flexibility index (Phi) is 10.5. The van der Waals surface area contributed by atoms with Crippen LogP contribution < -0.4 is 4.90 Å². The van der Waals surface area contributed by atoms with Crippen LogP contribution in [0.2, 0.25) is 0 Å². The van der Waals surface area contributed by atoms with Crippen LogP contribution in [0.4, 0.5) is 10.1 Å². The van der Waals surface area contributed by atoms with E-state index in [1.54, 1.807) is 42.1 Å². The number of aromatic hydroxyl groups is 1. The van der Waals surface area contributed by atoms with E-state index in [0.717, 1.165) is 22.4 Å². The van der Waals surface area contributed by atoms with Gasteiger partial charge in [0, 0.05) is 16.5 Å². The van der Waals surface area contributed by atoms with Crippen LogP contribution in [0.25, 0.3) is 11.1 Å². The largest absolute Gasteiger partial charge is 0.508 e. The summed E-state index contributed by atoms with van der Waals surface area (Å²) in [6.45, 7) is -0.504. The quantitative estimate of drug-likeness (QED) is 0.121. The molecule has 6 N–H and O–H groups in total. The van der Waals surface area contributed by atoms with Gasteiger partial charge in [-0.1, -0.05) is 66.7 Å². The van der Waals surface area contributed by atoms with Crippen molar-refractivity contribution in [1.82, 2.24) is 0 Å². The van der Waals surface area contributed by atoms with Crippen molar-refractivity contribution in [2.45, 2.75) is 65.5 Å². The average Bonchev–Trinajstić information content (AvgIpc) is 3.42. The zero-order valence-corrected chi connectivity index (χ0v) is 27.0. The summed E-state index contributed by atoms with van der Waals surface area (Å²) in [5.74, 6) is -0.244. The summed E-state index contributed by atoms with van der Waals surface area (Å²) in [6.07, 6.45) is -5.91. The fourth-order valence-corrected chi connectivity index (χ4v) is 8.61. The first-order valence-electron chi connectivity index (χ1n) is 15.5. The minimum Gasteiger partial charge on any atom is -0.508 e. The van der Waals surface area contributed by atoms with Crippen molar-refractivity contribution in [2.75, 3.05) is 11.5 Å². The molecule has 0 amide bonds. The summed E-state index contributed by atoms with van der Waals surface area (Å²) >= 11 is 6.58. The van der Waals surface area contributed by atoms with Crippen molar-refractivity contribution in [3.63, 3.8) is 0 Å². The minimum absolute atomic E-state index is 0.0256. The third-order valence-electron chi connectivity index (χ3n) is 9.03. The van der Waals surface area contributed by atoms with Crippen LogP contribution in [0, 0.1) is 5.82 Å². The molecular weight excluding hydrogens is 642 g/mol. The third kappa shape index (κ3) is 7.04. The molecule has 9 unspecified atom stereocenters. The lowest BCUT2D eigenvalue weighted by atomic mass is 9.90. The van der Waals surface area contributed by atoms with Gasteiger partial charge in [0.15, 0.2) is 0 Å². The number of aliphatic hydroxyl groups is 5. The molecule has 0 spiro atoms. The van der Waals surface area contributed by atoms with Gasteiger partial charge in [0.1, 0.15) is 46.8 Å². The predicted octanol–water partition coefficient (Wildman–Crippen LogP) is 5.10. The number of para-hydroxylation sites is 1. The normalized spacial score (nSPS) is 28.4. The molecule has 2 saturated heterocycles. The molecule has 47 heavy (non-hydrogen) atoms. The molecule has 2 heterocycles. The molecule has 8 nitrogen and oxygen atoms in total. The molecule has 9 atom stereocenters. The highest BCUT2D eigenvalue weighted by Gasteiger charge is 2.44. The van der Waals surface area contributed by atoms with Gasteiger partial charge in [0.25, 0.3) is 0 Å². The van der Waals surface area contributed by atoms with Crippen LogP contribution in [0.5, 0.6) is 5.75 Å². The van der Waals surface area contributed by atoms with Crippen LogP contribution in [0.1, 0.15) is 47.8 Å². The molecule has 11 heteroatoms. The second-order valence-electron chi connectivity index (χ2n) is 12.0. The number of phenolic OH excluding ortho intramolecular Hbond substituents is 1. The Morgan fingerprint density at radius 2 is 1.53 bits per heavy atom. The lowest BCUT2D eigenvalue weighted by Crippen LogP contribution is -2.55. The fourth-order valence-electron chi connectivity index (χ4n) is 6.47. The van der Waals surface area contributed by atoms with E-state index >= 15 is 0 Å². The van der Waals surface area contributed by atoms with Gasteiger partial charge in [-0.3, -0.25) is 0 Å². The molecule has 6 rings (SSSR count). The van der Waals surface area contributed by atoms with E-state index in [-0.39, 0.29) is 27.6 Å². The molecule has 248 valence electrons. The summed E-state index contributed by atoms with van der Waals surface area (Å²) < 4.78 is 18.9. The second kappa shape index (κ2) is 14.6. The molecule has 0 aliphatic carbocycles. The Morgan fingerprint density at radius 1 is 0.851 bits per heavy atom. The number of rotatable bonds is 9. The number of ether oxygens (including phenoxy) is 1. The molecule has 0 saturated carbocycles. The number of thioether (sulfide) groups is 1. The molecule has 2 aliphatic heterocycles. The van der Waals surface area contributed by atoms with Crippen LogP contribution >= 0.6 is 24.4 Å². The molecule has 2 fully saturated rings. The summed E-state index contributed by atoms with van der Waals surface area (Å²) in [6, 6.07) is 28.2. The number of benzene rings is 4. The number of phenols is 1. The minimum atomic E-state index is -1.47. The maximum absolute atomic E-state index is 13.4. The van der Waals surface area contributed by atoms with Gasteiger partial charge in [-0.15, -0.1) is 24.4 Å². The Hall–Kier alpha value is -3.13. The lowest BCUT2D eigenvalue weighted by Gasteiger charge is -2.40. The second-order valence-corrected chi connectivity index (χ2v) is 14.1. The zero-order chi connectivity index (χ0) is 33.2. The Labute approximate surface area is 282 Å². The molecule has 0 bridgehead atoms. The maximum Gasteiger partial charge on any atom is 0.123 e. The van der Waals surface area contributed by atoms with Crippen molar-refractivity contribution in [1.29, 1.82) is 0 Å². The van der Waals surface area contributed by atoms with Gasteiger partial charge >= 0.3 is 0 Å². The number of nitrogens with zero attached hydrogens (tertiary/aromatic N) is 1. The van der Waals surface area contributed by atoms with Crippen molar-refractivity contribution in [3.05, 3.63) is 120 Å². The summed E-state index contributed by atoms with van der Waals surface area (Å²) in [5.41, 5.74) is 4.46. The van der Waals surface area contributed by atoms with Gasteiger partial charge in [0.05, 0.1) is 18.8 Å². The Morgan fingerprint density at radius 3 is 2.19 bits per heavy atom. The van der Waals surface area contributed by atoms with Gasteiger partial charge < -0.3 is 40.3 Å². The Bertz CT molecular complexity index is 1630. The van der Waals surface area contributed by atoms with E-state index in [1.165, 1.54) is 12.1 Å². The highest BCUT2D eigenvalue weighted by Crippen LogP contribution is 2.52. The van der Waals surface area contributed by atoms with E-state index in [4.69, 9.17) is 17.4 Å². The highest BCUT2D eigenvalue weighted by molar-refractivity contribution is 8.11. The molecular formula is C36H38FNO7S2. The number of thiol groups is 1. The van der Waals surface area contributed by atoms with Crippen molar-refractivity contribution < 1.29 is 39.8 Å². The van der Waals surface area contributed by atoms with Crippen LogP contribution in [-0.4, -0.2) is 71.6 Å². The monoisotopic (exact) mass is 679 g/mol. The summed E-state index contributed by atoms with van der Waals surface area (Å²) in [4.78, 5) is 2.17. The van der Waals surface area contributed by atoms with Gasteiger partial charge in [-0.2, -0.15) is 0 Å². The van der Waals surface area contributed by atoms with E-state index < -0.39 is 43.2 Å². The van der Waals surface area contributed by atoms with Crippen LogP contribution in [-0.2, 0) is 4.74 Å².